The molecule has 9 heteroatoms. The Morgan fingerprint density at radius 2 is 1.96 bits per heavy atom. The maximum Gasteiger partial charge on any atom is 0.274 e. The molecule has 24 heavy (non-hydrogen) atoms. The summed E-state index contributed by atoms with van der Waals surface area (Å²) in [7, 11) is 3.44. The number of nitrogens with one attached hydrogen (secondary N) is 2. The second kappa shape index (κ2) is 8.03. The molecule has 2 rings (SSSR count). The van der Waals surface area contributed by atoms with Gasteiger partial charge in [0.1, 0.15) is 5.15 Å². The maximum atomic E-state index is 11.0. The van der Waals surface area contributed by atoms with Crippen LogP contribution < -0.4 is 10.6 Å². The summed E-state index contributed by atoms with van der Waals surface area (Å²) in [4.78, 5) is 14.7. The van der Waals surface area contributed by atoms with E-state index >= 15 is 0 Å². The van der Waals surface area contributed by atoms with E-state index in [1.165, 1.54) is 6.07 Å². The fraction of sp³-hybridized carbons (Fsp3) is 0.267. The van der Waals surface area contributed by atoms with Crippen molar-refractivity contribution in [2.45, 2.75) is 13.1 Å². The molecular formula is C15H17Cl2N5O2. The van der Waals surface area contributed by atoms with Crippen LogP contribution in [0.4, 0.5) is 5.69 Å². The zero-order valence-electron chi connectivity index (χ0n) is 13.2. The van der Waals surface area contributed by atoms with Crippen LogP contribution in [0.3, 0.4) is 0 Å². The van der Waals surface area contributed by atoms with Gasteiger partial charge in [-0.2, -0.15) is 0 Å². The molecule has 0 amide bonds. The predicted octanol–water partition coefficient (Wildman–Crippen LogP) is 3.11. The Bertz CT molecular complexity index is 773. The molecule has 0 bridgehead atoms. The SMILES string of the molecule is CN=C(NCc1ccccc1[N+](=O)[O-])NCc1cc(Cl)c(Cl)n1C. The van der Waals surface area contributed by atoms with Gasteiger partial charge in [0.05, 0.1) is 16.5 Å². The van der Waals surface area contributed by atoms with Crippen molar-refractivity contribution in [2.75, 3.05) is 7.05 Å². The summed E-state index contributed by atoms with van der Waals surface area (Å²) in [5.41, 5.74) is 1.54. The van der Waals surface area contributed by atoms with E-state index in [0.29, 0.717) is 28.2 Å². The van der Waals surface area contributed by atoms with E-state index < -0.39 is 4.92 Å². The average molecular weight is 370 g/mol. The molecule has 1 heterocycles. The second-order valence-electron chi connectivity index (χ2n) is 5.00. The van der Waals surface area contributed by atoms with Crippen LogP contribution in [0.1, 0.15) is 11.3 Å². The third-order valence-electron chi connectivity index (χ3n) is 3.51. The lowest BCUT2D eigenvalue weighted by molar-refractivity contribution is -0.385. The molecular weight excluding hydrogens is 353 g/mol. The highest BCUT2D eigenvalue weighted by molar-refractivity contribution is 6.41. The predicted molar refractivity (Wildman–Crippen MR) is 95.6 cm³/mol. The van der Waals surface area contributed by atoms with Crippen molar-refractivity contribution < 1.29 is 4.92 Å². The molecule has 0 unspecified atom stereocenters. The maximum absolute atomic E-state index is 11.0. The minimum atomic E-state index is -0.402. The fourth-order valence-corrected chi connectivity index (χ4v) is 2.59. The molecule has 1 aromatic carbocycles. The number of nitro groups is 1. The second-order valence-corrected chi connectivity index (χ2v) is 5.76. The highest BCUT2D eigenvalue weighted by atomic mass is 35.5. The molecule has 0 fully saturated rings. The van der Waals surface area contributed by atoms with Crippen molar-refractivity contribution >= 4 is 34.8 Å². The number of aliphatic imine (C=N–C) groups is 1. The third-order valence-corrected chi connectivity index (χ3v) is 4.35. The summed E-state index contributed by atoms with van der Waals surface area (Å²) in [6.07, 6.45) is 0. The van der Waals surface area contributed by atoms with Gasteiger partial charge in [-0.25, -0.2) is 0 Å². The largest absolute Gasteiger partial charge is 0.352 e. The van der Waals surface area contributed by atoms with E-state index in [1.54, 1.807) is 35.9 Å². The number of aromatic nitrogens is 1. The van der Waals surface area contributed by atoms with E-state index in [2.05, 4.69) is 15.6 Å². The van der Waals surface area contributed by atoms with Gasteiger partial charge in [-0.3, -0.25) is 15.1 Å². The van der Waals surface area contributed by atoms with Gasteiger partial charge >= 0.3 is 0 Å². The number of nitrogens with zero attached hydrogens (tertiary/aromatic N) is 3. The zero-order valence-corrected chi connectivity index (χ0v) is 14.7. The van der Waals surface area contributed by atoms with E-state index in [-0.39, 0.29) is 12.2 Å². The first-order valence-corrected chi connectivity index (χ1v) is 7.86. The molecule has 0 aliphatic carbocycles. The first-order valence-electron chi connectivity index (χ1n) is 7.10. The molecule has 1 aromatic heterocycles. The van der Waals surface area contributed by atoms with Crippen LogP contribution in [-0.4, -0.2) is 22.5 Å². The molecule has 0 spiro atoms. The molecule has 0 radical (unpaired) electrons. The van der Waals surface area contributed by atoms with Crippen LogP contribution in [0.2, 0.25) is 10.2 Å². The van der Waals surface area contributed by atoms with Crippen molar-refractivity contribution in [3.63, 3.8) is 0 Å². The quantitative estimate of drug-likeness (QED) is 0.367. The first-order chi connectivity index (χ1) is 11.4. The van der Waals surface area contributed by atoms with Crippen molar-refractivity contribution in [3.8, 4) is 0 Å². The number of hydrogen-bond acceptors (Lipinski definition) is 3. The Hall–Kier alpha value is -2.25. The number of hydrogen-bond donors (Lipinski definition) is 2. The fourth-order valence-electron chi connectivity index (χ4n) is 2.17. The summed E-state index contributed by atoms with van der Waals surface area (Å²) in [5, 5.41) is 18.1. The van der Waals surface area contributed by atoms with Crippen molar-refractivity contribution in [3.05, 3.63) is 61.9 Å². The van der Waals surface area contributed by atoms with Gasteiger partial charge in [0.25, 0.3) is 5.69 Å². The normalized spacial score (nSPS) is 11.4. The lowest BCUT2D eigenvalue weighted by atomic mass is 10.2. The van der Waals surface area contributed by atoms with E-state index in [1.807, 2.05) is 7.05 Å². The number of benzene rings is 1. The Balaban J connectivity index is 1.98. The van der Waals surface area contributed by atoms with Crippen LogP contribution in [0.25, 0.3) is 0 Å². The monoisotopic (exact) mass is 369 g/mol. The number of rotatable bonds is 5. The molecule has 0 saturated heterocycles. The molecule has 128 valence electrons. The zero-order chi connectivity index (χ0) is 17.7. The summed E-state index contributed by atoms with van der Waals surface area (Å²) in [6.45, 7) is 0.741. The minimum Gasteiger partial charge on any atom is -0.352 e. The molecule has 0 aliphatic heterocycles. The van der Waals surface area contributed by atoms with E-state index in [0.717, 1.165) is 5.69 Å². The van der Waals surface area contributed by atoms with Gasteiger partial charge in [0.15, 0.2) is 5.96 Å². The van der Waals surface area contributed by atoms with Gasteiger partial charge in [-0.1, -0.05) is 41.4 Å². The van der Waals surface area contributed by atoms with E-state index in [4.69, 9.17) is 23.2 Å². The summed E-state index contributed by atoms with van der Waals surface area (Å²) < 4.78 is 1.77. The number of guanidine groups is 1. The number of para-hydroxylation sites is 1. The van der Waals surface area contributed by atoms with E-state index in [9.17, 15) is 10.1 Å². The van der Waals surface area contributed by atoms with Crippen LogP contribution in [-0.2, 0) is 20.1 Å². The highest BCUT2D eigenvalue weighted by Gasteiger charge is 2.13. The summed E-state index contributed by atoms with van der Waals surface area (Å²) >= 11 is 12.0. The van der Waals surface area contributed by atoms with Crippen LogP contribution >= 0.6 is 23.2 Å². The van der Waals surface area contributed by atoms with Gasteiger partial charge in [0.2, 0.25) is 0 Å². The Morgan fingerprint density at radius 3 is 2.54 bits per heavy atom. The number of nitro benzene ring substituents is 1. The lowest BCUT2D eigenvalue weighted by Crippen LogP contribution is -2.36. The summed E-state index contributed by atoms with van der Waals surface area (Å²) in [5.74, 6) is 0.515. The van der Waals surface area contributed by atoms with Gasteiger partial charge in [-0.15, -0.1) is 0 Å². The van der Waals surface area contributed by atoms with Crippen LogP contribution in [0.5, 0.6) is 0 Å². The Morgan fingerprint density at radius 1 is 1.29 bits per heavy atom. The molecule has 7 nitrogen and oxygen atoms in total. The Labute approximate surface area is 149 Å². The molecule has 0 atom stereocenters. The molecule has 2 aromatic rings. The minimum absolute atomic E-state index is 0.0708. The van der Waals surface area contributed by atoms with Crippen molar-refractivity contribution in [1.29, 1.82) is 0 Å². The highest BCUT2D eigenvalue weighted by Crippen LogP contribution is 2.24. The lowest BCUT2D eigenvalue weighted by Gasteiger charge is -2.12. The van der Waals surface area contributed by atoms with Gasteiger partial charge < -0.3 is 15.2 Å². The number of halogens is 2. The average Bonchev–Trinajstić information content (AvgIpc) is 2.82. The van der Waals surface area contributed by atoms with Crippen molar-refractivity contribution in [2.24, 2.45) is 12.0 Å². The van der Waals surface area contributed by atoms with Gasteiger partial charge in [0, 0.05) is 38.0 Å². The first kappa shape index (κ1) is 18.1. The summed E-state index contributed by atoms with van der Waals surface area (Å²) in [6, 6.07) is 8.34. The standard InChI is InChI=1S/C15H17Cl2N5O2/c1-18-15(20-9-11-7-12(16)14(17)21(11)2)19-8-10-5-3-4-6-13(10)22(23)24/h3-7H,8-9H2,1-2H3,(H2,18,19,20). The Kier molecular flexibility index (Phi) is 6.05. The van der Waals surface area contributed by atoms with Crippen molar-refractivity contribution in [1.82, 2.24) is 15.2 Å². The third kappa shape index (κ3) is 4.18. The topological polar surface area (TPSA) is 84.5 Å². The van der Waals surface area contributed by atoms with Crippen LogP contribution in [0.15, 0.2) is 35.3 Å². The smallest absolute Gasteiger partial charge is 0.274 e. The van der Waals surface area contributed by atoms with Crippen LogP contribution in [0, 0.1) is 10.1 Å². The molecule has 2 N–H and O–H groups in total. The van der Waals surface area contributed by atoms with Gasteiger partial charge in [-0.05, 0) is 6.07 Å². The molecule has 0 aliphatic rings. The molecule has 0 saturated carbocycles.